The Morgan fingerprint density at radius 2 is 2.10 bits per heavy atom. The van der Waals surface area contributed by atoms with Crippen molar-refractivity contribution in [3.63, 3.8) is 0 Å². The first kappa shape index (κ1) is 14.1. The van der Waals surface area contributed by atoms with Gasteiger partial charge >= 0.3 is 0 Å². The minimum atomic E-state index is 0.0946. The summed E-state index contributed by atoms with van der Waals surface area (Å²) >= 11 is 0. The summed E-state index contributed by atoms with van der Waals surface area (Å²) < 4.78 is 0. The van der Waals surface area contributed by atoms with Crippen molar-refractivity contribution in [3.05, 3.63) is 35.0 Å². The molecule has 1 saturated heterocycles. The molecule has 1 amide bonds. The number of aromatic amines is 1. The molecule has 112 valence electrons. The van der Waals surface area contributed by atoms with Crippen LogP contribution in [0.5, 0.6) is 0 Å². The Bertz CT molecular complexity index is 679. The van der Waals surface area contributed by atoms with E-state index in [1.807, 2.05) is 23.1 Å². The highest BCUT2D eigenvalue weighted by atomic mass is 16.2. The molecule has 0 saturated carbocycles. The number of hydrogen-bond acceptors (Lipinski definition) is 2. The van der Waals surface area contributed by atoms with Gasteiger partial charge in [0.15, 0.2) is 0 Å². The highest BCUT2D eigenvalue weighted by Crippen LogP contribution is 2.24. The molecule has 1 fully saturated rings. The van der Waals surface area contributed by atoms with Gasteiger partial charge in [0.05, 0.1) is 0 Å². The summed E-state index contributed by atoms with van der Waals surface area (Å²) in [5.74, 6) is 0.565. The number of benzene rings is 1. The molecule has 2 unspecified atom stereocenters. The summed E-state index contributed by atoms with van der Waals surface area (Å²) in [6.07, 6.45) is 0.999. The van der Waals surface area contributed by atoms with Crippen LogP contribution in [0, 0.1) is 19.8 Å². The fraction of sp³-hybridized carbons (Fsp3) is 0.471. The van der Waals surface area contributed by atoms with Gasteiger partial charge in [-0.05, 0) is 49.9 Å². The van der Waals surface area contributed by atoms with E-state index < -0.39 is 0 Å². The number of nitrogens with one attached hydrogen (secondary N) is 1. The van der Waals surface area contributed by atoms with Crippen molar-refractivity contribution in [1.29, 1.82) is 0 Å². The largest absolute Gasteiger partial charge is 0.358 e. The molecule has 0 radical (unpaired) electrons. The minimum Gasteiger partial charge on any atom is -0.358 e. The Morgan fingerprint density at radius 1 is 1.33 bits per heavy atom. The molecule has 2 heterocycles. The standard InChI is InChI=1S/C17H23N3O/c1-10-6-14(18)9-20(8-10)17(21)13-4-5-16-15(7-13)11(2)12(3)19-16/h4-5,7,10,14,19H,6,8-9,18H2,1-3H3. The molecule has 0 bridgehead atoms. The van der Waals surface area contributed by atoms with E-state index in [0.29, 0.717) is 12.5 Å². The molecule has 2 aromatic rings. The second-order valence-electron chi connectivity index (χ2n) is 6.45. The van der Waals surface area contributed by atoms with Crippen LogP contribution >= 0.6 is 0 Å². The zero-order valence-electron chi connectivity index (χ0n) is 12.9. The maximum Gasteiger partial charge on any atom is 0.253 e. The third-order valence-corrected chi connectivity index (χ3v) is 4.53. The first-order chi connectivity index (χ1) is 9.95. The minimum absolute atomic E-state index is 0.0946. The zero-order chi connectivity index (χ0) is 15.1. The van der Waals surface area contributed by atoms with Gasteiger partial charge in [-0.15, -0.1) is 0 Å². The van der Waals surface area contributed by atoms with E-state index in [9.17, 15) is 4.79 Å². The van der Waals surface area contributed by atoms with Crippen molar-refractivity contribution >= 4 is 16.8 Å². The molecule has 3 rings (SSSR count). The number of aryl methyl sites for hydroxylation is 2. The molecule has 1 aliphatic heterocycles. The highest BCUT2D eigenvalue weighted by molar-refractivity contribution is 5.99. The Labute approximate surface area is 125 Å². The molecule has 2 atom stereocenters. The Balaban J connectivity index is 1.92. The lowest BCUT2D eigenvalue weighted by molar-refractivity contribution is 0.0661. The van der Waals surface area contributed by atoms with Gasteiger partial charge in [0, 0.05) is 41.3 Å². The number of rotatable bonds is 1. The second-order valence-corrected chi connectivity index (χ2v) is 6.45. The first-order valence-electron chi connectivity index (χ1n) is 7.59. The van der Waals surface area contributed by atoms with Crippen LogP contribution < -0.4 is 5.73 Å². The normalized spacial score (nSPS) is 22.8. The van der Waals surface area contributed by atoms with E-state index in [0.717, 1.165) is 35.1 Å². The first-order valence-corrected chi connectivity index (χ1v) is 7.59. The fourth-order valence-electron chi connectivity index (χ4n) is 3.34. The molecule has 4 heteroatoms. The van der Waals surface area contributed by atoms with Crippen molar-refractivity contribution in [3.8, 4) is 0 Å². The lowest BCUT2D eigenvalue weighted by atomic mass is 9.96. The summed E-state index contributed by atoms with van der Waals surface area (Å²) in [5, 5.41) is 1.13. The summed E-state index contributed by atoms with van der Waals surface area (Å²) in [5.41, 5.74) is 10.3. The molecular weight excluding hydrogens is 262 g/mol. The van der Waals surface area contributed by atoms with Crippen molar-refractivity contribution in [1.82, 2.24) is 9.88 Å². The molecule has 1 aromatic heterocycles. The number of aromatic nitrogens is 1. The van der Waals surface area contributed by atoms with Crippen LogP contribution in [0.15, 0.2) is 18.2 Å². The van der Waals surface area contributed by atoms with E-state index >= 15 is 0 Å². The van der Waals surface area contributed by atoms with E-state index in [4.69, 9.17) is 5.73 Å². The van der Waals surface area contributed by atoms with Crippen LogP contribution in [0.4, 0.5) is 0 Å². The average molecular weight is 285 g/mol. The van der Waals surface area contributed by atoms with Gasteiger partial charge < -0.3 is 15.6 Å². The number of fused-ring (bicyclic) bond motifs is 1. The fourth-order valence-corrected chi connectivity index (χ4v) is 3.34. The molecule has 0 spiro atoms. The smallest absolute Gasteiger partial charge is 0.253 e. The van der Waals surface area contributed by atoms with Crippen LogP contribution in [0.1, 0.15) is 35.0 Å². The predicted molar refractivity (Wildman–Crippen MR) is 85.4 cm³/mol. The molecule has 4 nitrogen and oxygen atoms in total. The van der Waals surface area contributed by atoms with Gasteiger partial charge in [0.2, 0.25) is 0 Å². The highest BCUT2D eigenvalue weighted by Gasteiger charge is 2.26. The average Bonchev–Trinajstić information content (AvgIpc) is 2.72. The van der Waals surface area contributed by atoms with Crippen molar-refractivity contribution < 1.29 is 4.79 Å². The summed E-state index contributed by atoms with van der Waals surface area (Å²) in [7, 11) is 0. The number of nitrogens with two attached hydrogens (primary N) is 1. The second kappa shape index (κ2) is 5.19. The third-order valence-electron chi connectivity index (χ3n) is 4.53. The number of amides is 1. The molecule has 3 N–H and O–H groups in total. The number of carbonyl (C=O) groups excluding carboxylic acids is 1. The lowest BCUT2D eigenvalue weighted by Gasteiger charge is -2.34. The predicted octanol–water partition coefficient (Wildman–Crippen LogP) is 2.59. The summed E-state index contributed by atoms with van der Waals surface area (Å²) in [6, 6.07) is 6.00. The molecule has 21 heavy (non-hydrogen) atoms. The Hall–Kier alpha value is -1.81. The quantitative estimate of drug-likeness (QED) is 0.846. The van der Waals surface area contributed by atoms with Gasteiger partial charge in [-0.25, -0.2) is 0 Å². The van der Waals surface area contributed by atoms with Gasteiger partial charge in [0.1, 0.15) is 0 Å². The van der Waals surface area contributed by atoms with Gasteiger partial charge in [-0.3, -0.25) is 4.79 Å². The van der Waals surface area contributed by atoms with Crippen LogP contribution in [0.2, 0.25) is 0 Å². The van der Waals surface area contributed by atoms with Crippen LogP contribution in [0.25, 0.3) is 10.9 Å². The Morgan fingerprint density at radius 3 is 2.81 bits per heavy atom. The summed E-state index contributed by atoms with van der Waals surface area (Å²) in [6.45, 7) is 7.76. The maximum absolute atomic E-state index is 12.7. The van der Waals surface area contributed by atoms with E-state index in [-0.39, 0.29) is 11.9 Å². The van der Waals surface area contributed by atoms with E-state index in [2.05, 4.69) is 25.8 Å². The van der Waals surface area contributed by atoms with Crippen LogP contribution in [-0.2, 0) is 0 Å². The van der Waals surface area contributed by atoms with Gasteiger partial charge in [-0.2, -0.15) is 0 Å². The number of hydrogen-bond donors (Lipinski definition) is 2. The number of likely N-dealkylation sites (tertiary alicyclic amines) is 1. The number of nitrogens with zero attached hydrogens (tertiary/aromatic N) is 1. The molecule has 1 aromatic carbocycles. The third kappa shape index (κ3) is 2.56. The van der Waals surface area contributed by atoms with Crippen LogP contribution in [-0.4, -0.2) is 34.9 Å². The lowest BCUT2D eigenvalue weighted by Crippen LogP contribution is -2.48. The SMILES string of the molecule is Cc1[nH]c2ccc(C(=O)N3CC(C)CC(N)C3)cc2c1C. The Kier molecular flexibility index (Phi) is 3.49. The number of piperidine rings is 1. The van der Waals surface area contributed by atoms with Gasteiger partial charge in [0.25, 0.3) is 5.91 Å². The molecular formula is C17H23N3O. The monoisotopic (exact) mass is 285 g/mol. The zero-order valence-corrected chi connectivity index (χ0v) is 12.9. The maximum atomic E-state index is 12.7. The van der Waals surface area contributed by atoms with Gasteiger partial charge in [-0.1, -0.05) is 6.92 Å². The van der Waals surface area contributed by atoms with Crippen LogP contribution in [0.3, 0.4) is 0 Å². The van der Waals surface area contributed by atoms with E-state index in [1.165, 1.54) is 5.56 Å². The number of carbonyl (C=O) groups is 1. The van der Waals surface area contributed by atoms with E-state index in [1.54, 1.807) is 0 Å². The van der Waals surface area contributed by atoms with Crippen molar-refractivity contribution in [2.24, 2.45) is 11.7 Å². The summed E-state index contributed by atoms with van der Waals surface area (Å²) in [4.78, 5) is 18.0. The number of H-pyrrole nitrogens is 1. The molecule has 0 aliphatic carbocycles. The molecule has 1 aliphatic rings. The van der Waals surface area contributed by atoms with Crippen molar-refractivity contribution in [2.75, 3.05) is 13.1 Å². The topological polar surface area (TPSA) is 62.1 Å². The van der Waals surface area contributed by atoms with Crippen molar-refractivity contribution in [2.45, 2.75) is 33.2 Å².